The molecule has 1 atom stereocenters. The lowest BCUT2D eigenvalue weighted by atomic mass is 9.88. The van der Waals surface area contributed by atoms with E-state index in [1.54, 1.807) is 0 Å². The van der Waals surface area contributed by atoms with E-state index in [2.05, 4.69) is 34.9 Å². The van der Waals surface area contributed by atoms with Gasteiger partial charge in [0.1, 0.15) is 6.61 Å². The highest BCUT2D eigenvalue weighted by molar-refractivity contribution is 5.79. The van der Waals surface area contributed by atoms with Crippen molar-refractivity contribution in [3.8, 4) is 11.1 Å². The summed E-state index contributed by atoms with van der Waals surface area (Å²) in [6.45, 7) is 4.73. The van der Waals surface area contributed by atoms with Crippen molar-refractivity contribution in [3.63, 3.8) is 0 Å². The molecule has 0 radical (unpaired) electrons. The Morgan fingerprint density at radius 1 is 1.00 bits per heavy atom. The Balaban J connectivity index is 1.23. The van der Waals surface area contributed by atoms with Gasteiger partial charge in [-0.05, 0) is 52.3 Å². The van der Waals surface area contributed by atoms with E-state index in [0.29, 0.717) is 12.5 Å². The third-order valence-corrected chi connectivity index (χ3v) is 6.98. The molecule has 2 aliphatic carbocycles. The average Bonchev–Trinajstić information content (AvgIpc) is 3.61. The fraction of sp³-hybridized carbons (Fsp3) is 0.464. The summed E-state index contributed by atoms with van der Waals surface area (Å²) in [5, 5.41) is 14.8. The molecule has 0 aromatic heterocycles. The van der Waals surface area contributed by atoms with Crippen molar-refractivity contribution in [2.24, 2.45) is 17.3 Å². The lowest BCUT2D eigenvalue weighted by Gasteiger charge is -2.25. The Morgan fingerprint density at radius 2 is 1.60 bits per heavy atom. The van der Waals surface area contributed by atoms with Crippen LogP contribution in [0.3, 0.4) is 0 Å². The molecule has 3 N–H and O–H groups in total. The van der Waals surface area contributed by atoms with Crippen molar-refractivity contribution in [2.75, 3.05) is 19.7 Å². The van der Waals surface area contributed by atoms with Crippen LogP contribution in [0.2, 0.25) is 0 Å². The van der Waals surface area contributed by atoms with Gasteiger partial charge in [-0.2, -0.15) is 0 Å². The zero-order valence-electron chi connectivity index (χ0n) is 20.4. The second-order valence-corrected chi connectivity index (χ2v) is 10.5. The number of rotatable bonds is 11. The van der Waals surface area contributed by atoms with E-state index in [1.165, 1.54) is 11.1 Å². The first-order valence-corrected chi connectivity index (χ1v) is 12.3. The number of carboxylic acid groups (broad SMARTS) is 1. The number of carbonyl (C=O) groups excluding carboxylic acids is 2. The predicted octanol–water partition coefficient (Wildman–Crippen LogP) is 4.56. The van der Waals surface area contributed by atoms with Gasteiger partial charge in [-0.15, -0.1) is 0 Å². The fourth-order valence-corrected chi connectivity index (χ4v) is 4.96. The van der Waals surface area contributed by atoms with Gasteiger partial charge in [0.15, 0.2) is 0 Å². The fourth-order valence-electron chi connectivity index (χ4n) is 4.96. The van der Waals surface area contributed by atoms with E-state index >= 15 is 0 Å². The van der Waals surface area contributed by atoms with Gasteiger partial charge in [-0.1, -0.05) is 62.4 Å². The van der Waals surface area contributed by atoms with Gasteiger partial charge >= 0.3 is 12.1 Å². The maximum atomic E-state index is 12.5. The molecule has 7 heteroatoms. The molecule has 2 amide bonds. The monoisotopic (exact) mass is 478 g/mol. The van der Waals surface area contributed by atoms with Gasteiger partial charge < -0.3 is 20.5 Å². The number of ether oxygens (including phenoxy) is 1. The Bertz CT molecular complexity index is 1050. The van der Waals surface area contributed by atoms with Crippen LogP contribution in [0.15, 0.2) is 48.5 Å². The molecule has 0 aliphatic heterocycles. The summed E-state index contributed by atoms with van der Waals surface area (Å²) in [7, 11) is 0. The molecule has 4 rings (SSSR count). The van der Waals surface area contributed by atoms with Gasteiger partial charge in [-0.3, -0.25) is 9.59 Å². The molecule has 1 unspecified atom stereocenters. The summed E-state index contributed by atoms with van der Waals surface area (Å²) in [6.07, 6.45) is 1.86. The molecule has 0 bridgehead atoms. The first-order chi connectivity index (χ1) is 16.7. The highest BCUT2D eigenvalue weighted by atomic mass is 16.5. The Kier molecular flexibility index (Phi) is 7.43. The molecule has 35 heavy (non-hydrogen) atoms. The zero-order chi connectivity index (χ0) is 25.0. The minimum absolute atomic E-state index is 0.00264. The normalized spacial score (nSPS) is 15.6. The number of hydrogen-bond acceptors (Lipinski definition) is 4. The van der Waals surface area contributed by atoms with E-state index in [-0.39, 0.29) is 43.7 Å². The number of fused-ring (bicyclic) bond motifs is 3. The smallest absolute Gasteiger partial charge is 0.407 e. The second kappa shape index (κ2) is 10.5. The maximum absolute atomic E-state index is 12.5. The van der Waals surface area contributed by atoms with Crippen LogP contribution in [0.5, 0.6) is 0 Å². The van der Waals surface area contributed by atoms with Crippen LogP contribution in [0.25, 0.3) is 11.1 Å². The molecule has 1 saturated carbocycles. The summed E-state index contributed by atoms with van der Waals surface area (Å²) in [6, 6.07) is 16.4. The molecule has 2 aliphatic rings. The third kappa shape index (κ3) is 6.41. The van der Waals surface area contributed by atoms with Gasteiger partial charge in [0.05, 0.1) is 6.42 Å². The van der Waals surface area contributed by atoms with Crippen LogP contribution in [0.1, 0.15) is 56.6 Å². The minimum Gasteiger partial charge on any atom is -0.481 e. The lowest BCUT2D eigenvalue weighted by molar-refractivity contribution is -0.138. The highest BCUT2D eigenvalue weighted by Gasteiger charge is 2.33. The number of carbonyl (C=O) groups is 3. The molecule has 186 valence electrons. The molecule has 2 aromatic carbocycles. The number of carboxylic acids is 1. The number of nitrogens with one attached hydrogen (secondary N) is 2. The van der Waals surface area contributed by atoms with Crippen LogP contribution in [0.4, 0.5) is 4.79 Å². The van der Waals surface area contributed by atoms with Crippen molar-refractivity contribution in [2.45, 2.75) is 45.4 Å². The van der Waals surface area contributed by atoms with E-state index < -0.39 is 17.5 Å². The van der Waals surface area contributed by atoms with Crippen molar-refractivity contribution in [3.05, 3.63) is 59.7 Å². The molecule has 7 nitrogen and oxygen atoms in total. The first-order valence-electron chi connectivity index (χ1n) is 12.3. The average molecular weight is 479 g/mol. The molecule has 2 aromatic rings. The third-order valence-electron chi connectivity index (χ3n) is 6.98. The van der Waals surface area contributed by atoms with Crippen molar-refractivity contribution in [1.82, 2.24) is 10.6 Å². The molecular weight excluding hydrogens is 444 g/mol. The molecule has 0 heterocycles. The first kappa shape index (κ1) is 24.8. The zero-order valence-corrected chi connectivity index (χ0v) is 20.4. The van der Waals surface area contributed by atoms with Crippen molar-refractivity contribution >= 4 is 18.0 Å². The van der Waals surface area contributed by atoms with Crippen LogP contribution in [0, 0.1) is 17.3 Å². The summed E-state index contributed by atoms with van der Waals surface area (Å²) in [5.74, 6) is -0.588. The summed E-state index contributed by atoms with van der Waals surface area (Å²) < 4.78 is 5.58. The van der Waals surface area contributed by atoms with E-state index in [9.17, 15) is 14.4 Å². The van der Waals surface area contributed by atoms with E-state index in [0.717, 1.165) is 24.0 Å². The molecule has 0 spiro atoms. The van der Waals surface area contributed by atoms with E-state index in [4.69, 9.17) is 9.84 Å². The summed E-state index contributed by atoms with van der Waals surface area (Å²) in [4.78, 5) is 36.0. The second-order valence-electron chi connectivity index (χ2n) is 10.5. The standard InChI is InChI=1S/C28H34N2O5/c1-28(2,14-25(31)29-15-19(13-26(32)33)18-11-12-18)17-30-27(34)35-16-24-22-9-5-3-7-20(22)21-8-4-6-10-23(21)24/h3-10,18-19,24H,11-17H2,1-2H3,(H,29,31)(H,30,34)(H,32,33). The Labute approximate surface area is 206 Å². The SMILES string of the molecule is CC(C)(CNC(=O)OCC1c2ccccc2-c2ccccc21)CC(=O)NCC(CC(=O)O)C1CC1. The molecule has 1 fully saturated rings. The predicted molar refractivity (Wildman–Crippen MR) is 133 cm³/mol. The van der Waals surface area contributed by atoms with Crippen LogP contribution >= 0.6 is 0 Å². The van der Waals surface area contributed by atoms with Gasteiger partial charge in [0.2, 0.25) is 5.91 Å². The summed E-state index contributed by atoms with van der Waals surface area (Å²) >= 11 is 0. The Hall–Kier alpha value is -3.35. The number of amides is 2. The number of alkyl carbamates (subject to hydrolysis) is 1. The summed E-state index contributed by atoms with van der Waals surface area (Å²) in [5.41, 5.74) is 4.20. The van der Waals surface area contributed by atoms with Crippen molar-refractivity contribution < 1.29 is 24.2 Å². The highest BCUT2D eigenvalue weighted by Crippen LogP contribution is 2.44. The van der Waals surface area contributed by atoms with Gasteiger partial charge in [0.25, 0.3) is 0 Å². The van der Waals surface area contributed by atoms with Crippen LogP contribution in [-0.4, -0.2) is 42.8 Å². The number of aliphatic carboxylic acids is 1. The topological polar surface area (TPSA) is 105 Å². The Morgan fingerprint density at radius 3 is 2.17 bits per heavy atom. The van der Waals surface area contributed by atoms with Crippen LogP contribution in [-0.2, 0) is 14.3 Å². The molecule has 0 saturated heterocycles. The number of benzene rings is 2. The number of hydrogen-bond donors (Lipinski definition) is 3. The van der Waals surface area contributed by atoms with Crippen LogP contribution < -0.4 is 10.6 Å². The van der Waals surface area contributed by atoms with Crippen molar-refractivity contribution in [1.29, 1.82) is 0 Å². The van der Waals surface area contributed by atoms with Gasteiger partial charge in [-0.25, -0.2) is 4.79 Å². The largest absolute Gasteiger partial charge is 0.481 e. The van der Waals surface area contributed by atoms with Gasteiger partial charge in [0, 0.05) is 25.4 Å². The maximum Gasteiger partial charge on any atom is 0.407 e. The minimum atomic E-state index is -0.830. The molecular formula is C28H34N2O5. The van der Waals surface area contributed by atoms with E-state index in [1.807, 2.05) is 38.1 Å². The lowest BCUT2D eigenvalue weighted by Crippen LogP contribution is -2.39. The quantitative estimate of drug-likeness (QED) is 0.439.